The third-order valence-electron chi connectivity index (χ3n) is 4.13. The van der Waals surface area contributed by atoms with Gasteiger partial charge in [-0.05, 0) is 23.0 Å². The molecule has 0 aliphatic heterocycles. The second kappa shape index (κ2) is 8.19. The first kappa shape index (κ1) is 19.0. The standard InChI is InChI=1S/C20H28N2O3/c1-5-11-22(17-12-16(17)20(2,3)4)18(23)13-21-19(24)25-14-15-9-7-6-8-10-15/h6-10,12,17H,5,11,13-14H2,1-4H3,(H,21,24)/t17-/m0/s1. The number of carbonyl (C=O) groups is 2. The number of rotatable bonds is 7. The van der Waals surface area contributed by atoms with Crippen LogP contribution in [-0.2, 0) is 16.1 Å². The van der Waals surface area contributed by atoms with Crippen LogP contribution in [0.2, 0.25) is 0 Å². The van der Waals surface area contributed by atoms with Gasteiger partial charge in [0.25, 0.3) is 0 Å². The summed E-state index contributed by atoms with van der Waals surface area (Å²) in [4.78, 5) is 26.1. The average Bonchev–Trinajstić information content (AvgIpc) is 3.37. The quantitative estimate of drug-likeness (QED) is 0.770. The minimum Gasteiger partial charge on any atom is -0.445 e. The molecule has 0 saturated carbocycles. The molecule has 1 aliphatic carbocycles. The molecular formula is C20H28N2O3. The molecule has 1 aliphatic rings. The van der Waals surface area contributed by atoms with Crippen molar-refractivity contribution in [3.63, 3.8) is 0 Å². The number of hydrogen-bond donors (Lipinski definition) is 1. The van der Waals surface area contributed by atoms with Crippen LogP contribution in [0.5, 0.6) is 0 Å². The van der Waals surface area contributed by atoms with Gasteiger partial charge in [-0.2, -0.15) is 0 Å². The fraction of sp³-hybridized carbons (Fsp3) is 0.500. The molecule has 0 aromatic heterocycles. The molecule has 0 bridgehead atoms. The summed E-state index contributed by atoms with van der Waals surface area (Å²) in [5.74, 6) is -0.0842. The van der Waals surface area contributed by atoms with Crippen LogP contribution < -0.4 is 5.32 Å². The Hall–Kier alpha value is -2.30. The Bertz CT molecular complexity index is 632. The molecule has 1 aromatic rings. The molecule has 0 spiro atoms. The van der Waals surface area contributed by atoms with Gasteiger partial charge in [0, 0.05) is 6.54 Å². The molecule has 2 rings (SSSR count). The van der Waals surface area contributed by atoms with Gasteiger partial charge in [0.2, 0.25) is 5.91 Å². The van der Waals surface area contributed by atoms with Gasteiger partial charge in [0.05, 0.1) is 6.04 Å². The molecule has 1 aromatic carbocycles. The van der Waals surface area contributed by atoms with Crippen LogP contribution in [0.4, 0.5) is 4.79 Å². The lowest BCUT2D eigenvalue weighted by molar-refractivity contribution is -0.130. The third kappa shape index (κ3) is 5.62. The van der Waals surface area contributed by atoms with Crippen molar-refractivity contribution in [2.45, 2.75) is 46.8 Å². The lowest BCUT2D eigenvalue weighted by Crippen LogP contribution is -2.43. The fourth-order valence-electron chi connectivity index (χ4n) is 2.76. The Morgan fingerprint density at radius 2 is 1.88 bits per heavy atom. The van der Waals surface area contributed by atoms with E-state index in [1.54, 1.807) is 0 Å². The number of ether oxygens (including phenoxy) is 1. The highest BCUT2D eigenvalue weighted by molar-refractivity contribution is 5.83. The van der Waals surface area contributed by atoms with Gasteiger partial charge in [-0.25, -0.2) is 4.79 Å². The van der Waals surface area contributed by atoms with E-state index < -0.39 is 6.09 Å². The van der Waals surface area contributed by atoms with Gasteiger partial charge in [0.1, 0.15) is 13.2 Å². The van der Waals surface area contributed by atoms with Gasteiger partial charge in [-0.15, -0.1) is 0 Å². The number of benzene rings is 1. The Balaban J connectivity index is 1.78. The smallest absolute Gasteiger partial charge is 0.407 e. The summed E-state index contributed by atoms with van der Waals surface area (Å²) in [6, 6.07) is 9.54. The number of nitrogens with zero attached hydrogens (tertiary/aromatic N) is 1. The summed E-state index contributed by atoms with van der Waals surface area (Å²) in [6.07, 6.45) is 2.43. The van der Waals surface area contributed by atoms with E-state index in [0.717, 1.165) is 12.0 Å². The van der Waals surface area contributed by atoms with Crippen LogP contribution in [0.25, 0.3) is 0 Å². The molecule has 5 nitrogen and oxygen atoms in total. The van der Waals surface area contributed by atoms with Crippen molar-refractivity contribution < 1.29 is 14.3 Å². The molecule has 5 heteroatoms. The van der Waals surface area contributed by atoms with Crippen molar-refractivity contribution in [1.82, 2.24) is 10.2 Å². The molecular weight excluding hydrogens is 316 g/mol. The van der Waals surface area contributed by atoms with Crippen molar-refractivity contribution >= 4 is 12.0 Å². The largest absolute Gasteiger partial charge is 0.445 e. The first-order chi connectivity index (χ1) is 11.8. The monoisotopic (exact) mass is 344 g/mol. The maximum absolute atomic E-state index is 12.5. The molecule has 1 N–H and O–H groups in total. The van der Waals surface area contributed by atoms with E-state index in [2.05, 4.69) is 32.2 Å². The molecule has 0 heterocycles. The number of amides is 2. The van der Waals surface area contributed by atoms with E-state index in [0.29, 0.717) is 6.54 Å². The van der Waals surface area contributed by atoms with Gasteiger partial charge in [-0.1, -0.05) is 64.1 Å². The topological polar surface area (TPSA) is 58.6 Å². The molecule has 2 amide bonds. The maximum atomic E-state index is 12.5. The highest BCUT2D eigenvalue weighted by Gasteiger charge is 2.39. The molecule has 0 radical (unpaired) electrons. The molecule has 0 fully saturated rings. The first-order valence-corrected chi connectivity index (χ1v) is 8.79. The Morgan fingerprint density at radius 3 is 2.44 bits per heavy atom. The number of nitrogens with one attached hydrogen (secondary N) is 1. The predicted octanol–water partition coefficient (Wildman–Crippen LogP) is 3.51. The Labute approximate surface area is 150 Å². The second-order valence-electron chi connectivity index (χ2n) is 7.32. The van der Waals surface area contributed by atoms with Crippen LogP contribution in [-0.4, -0.2) is 36.0 Å². The zero-order valence-electron chi connectivity index (χ0n) is 15.5. The van der Waals surface area contributed by atoms with E-state index in [1.165, 1.54) is 5.57 Å². The zero-order chi connectivity index (χ0) is 18.4. The first-order valence-electron chi connectivity index (χ1n) is 8.79. The zero-order valence-corrected chi connectivity index (χ0v) is 15.5. The average molecular weight is 344 g/mol. The molecule has 136 valence electrons. The fourth-order valence-corrected chi connectivity index (χ4v) is 2.76. The second-order valence-corrected chi connectivity index (χ2v) is 7.32. The minimum absolute atomic E-state index is 0.0462. The Kier molecular flexibility index (Phi) is 6.23. The summed E-state index contributed by atoms with van der Waals surface area (Å²) >= 11 is 0. The number of alkyl carbamates (subject to hydrolysis) is 1. The van der Waals surface area contributed by atoms with E-state index in [-0.39, 0.29) is 30.5 Å². The van der Waals surface area contributed by atoms with Crippen LogP contribution in [0.1, 0.15) is 39.7 Å². The number of hydrogen-bond acceptors (Lipinski definition) is 3. The van der Waals surface area contributed by atoms with E-state index in [4.69, 9.17) is 4.74 Å². The Morgan fingerprint density at radius 1 is 1.20 bits per heavy atom. The highest BCUT2D eigenvalue weighted by Crippen LogP contribution is 2.41. The minimum atomic E-state index is -0.576. The van der Waals surface area contributed by atoms with Crippen molar-refractivity contribution in [2.75, 3.05) is 13.1 Å². The van der Waals surface area contributed by atoms with Crippen molar-refractivity contribution in [3.8, 4) is 0 Å². The van der Waals surface area contributed by atoms with Gasteiger partial charge < -0.3 is 15.0 Å². The summed E-state index contributed by atoms with van der Waals surface area (Å²) in [5.41, 5.74) is 2.26. The van der Waals surface area contributed by atoms with Crippen LogP contribution >= 0.6 is 0 Å². The lowest BCUT2D eigenvalue weighted by atomic mass is 9.92. The summed E-state index contributed by atoms with van der Waals surface area (Å²) in [7, 11) is 0. The predicted molar refractivity (Wildman–Crippen MR) is 98.0 cm³/mol. The van der Waals surface area contributed by atoms with E-state index >= 15 is 0 Å². The van der Waals surface area contributed by atoms with Gasteiger partial charge in [0.15, 0.2) is 0 Å². The summed E-state index contributed by atoms with van der Waals surface area (Å²) in [6.45, 7) is 9.31. The summed E-state index contributed by atoms with van der Waals surface area (Å²) < 4.78 is 5.14. The van der Waals surface area contributed by atoms with Crippen LogP contribution in [0, 0.1) is 5.41 Å². The molecule has 0 saturated heterocycles. The van der Waals surface area contributed by atoms with Crippen molar-refractivity contribution in [1.29, 1.82) is 0 Å². The molecule has 1 atom stereocenters. The van der Waals surface area contributed by atoms with Crippen LogP contribution in [0.15, 0.2) is 42.0 Å². The summed E-state index contributed by atoms with van der Waals surface area (Å²) in [5, 5.41) is 2.55. The van der Waals surface area contributed by atoms with E-state index in [9.17, 15) is 9.59 Å². The SMILES string of the molecule is CCCN(C(=O)CNC(=O)OCc1ccccc1)[C@H]1C=C1C(C)(C)C. The molecule has 0 unspecified atom stereocenters. The van der Waals surface area contributed by atoms with Gasteiger partial charge in [-0.3, -0.25) is 4.79 Å². The van der Waals surface area contributed by atoms with E-state index in [1.807, 2.05) is 42.2 Å². The highest BCUT2D eigenvalue weighted by atomic mass is 16.5. The number of carbonyl (C=O) groups excluding carboxylic acids is 2. The molecule has 25 heavy (non-hydrogen) atoms. The third-order valence-corrected chi connectivity index (χ3v) is 4.13. The van der Waals surface area contributed by atoms with Crippen molar-refractivity contribution in [3.05, 3.63) is 47.5 Å². The van der Waals surface area contributed by atoms with Gasteiger partial charge >= 0.3 is 6.09 Å². The van der Waals surface area contributed by atoms with Crippen LogP contribution in [0.3, 0.4) is 0 Å². The maximum Gasteiger partial charge on any atom is 0.407 e. The normalized spacial score (nSPS) is 16.0. The lowest BCUT2D eigenvalue weighted by Gasteiger charge is -2.26. The van der Waals surface area contributed by atoms with Crippen molar-refractivity contribution in [2.24, 2.45) is 5.41 Å².